The number of benzene rings is 5. The Morgan fingerprint density at radius 3 is 1.60 bits per heavy atom. The van der Waals surface area contributed by atoms with Gasteiger partial charge in [0.25, 0.3) is 10.9 Å². The minimum absolute atomic E-state index is 0.0936. The third-order valence-electron chi connectivity index (χ3n) is 10.4. The molecule has 1 aliphatic carbocycles. The van der Waals surface area contributed by atoms with E-state index in [-0.39, 0.29) is 28.2 Å². The largest absolute Gasteiger partial charge is 0.377 e. The Labute approximate surface area is 313 Å². The topological polar surface area (TPSA) is 104 Å². The molecule has 0 saturated heterocycles. The Balaban J connectivity index is 1.21. The third-order valence-corrected chi connectivity index (χ3v) is 14.9. The second-order valence-electron chi connectivity index (χ2n) is 13.9. The van der Waals surface area contributed by atoms with Gasteiger partial charge in [-0.15, -0.1) is 0 Å². The summed E-state index contributed by atoms with van der Waals surface area (Å²) in [6, 6.07) is 45.2. The van der Waals surface area contributed by atoms with Gasteiger partial charge in [-0.1, -0.05) is 145 Å². The van der Waals surface area contributed by atoms with Crippen LogP contribution in [0, 0.1) is 12.8 Å². The summed E-state index contributed by atoms with van der Waals surface area (Å²) >= 11 is 0. The van der Waals surface area contributed by atoms with Crippen molar-refractivity contribution >= 4 is 39.9 Å². The number of rotatable bonds is 14. The van der Waals surface area contributed by atoms with Gasteiger partial charge >= 0.3 is 0 Å². The molecule has 53 heavy (non-hydrogen) atoms. The molecule has 5 atom stereocenters. The van der Waals surface area contributed by atoms with Crippen molar-refractivity contribution in [1.29, 1.82) is 0 Å². The van der Waals surface area contributed by atoms with Crippen molar-refractivity contribution in [1.82, 2.24) is 4.72 Å². The molecule has 3 N–H and O–H groups in total. The molecule has 270 valence electrons. The minimum atomic E-state index is -4.00. The van der Waals surface area contributed by atoms with Crippen LogP contribution in [0.4, 0.5) is 11.4 Å². The maximum Gasteiger partial charge on any atom is 0.253 e. The summed E-state index contributed by atoms with van der Waals surface area (Å²) < 4.78 is 30.8. The molecule has 3 unspecified atom stereocenters. The fourth-order valence-electron chi connectivity index (χ4n) is 7.70. The standard InChI is InChI=1S/C44H44N3O4PS/c1-30-26-28-36(29-27-30)53(50,51)47-40(33-18-9-4-10-19-33)39(32-16-7-3-8-17-32)46-42-41(43(48)44(42)49)45-31(2)37-24-15-25-38(37)52(34-20-11-5-12-21-34)35-22-13-6-14-23-35/h3-14,16-23,26-29,31,37-40,45-47H,15,24-25H2,1-2H3/t31-,37?,38?,39?,40+/m1/s1. The smallest absolute Gasteiger partial charge is 0.253 e. The lowest BCUT2D eigenvalue weighted by atomic mass is 9.93. The molecule has 0 aliphatic heterocycles. The second kappa shape index (κ2) is 16.0. The molecular formula is C44H44N3O4PS. The summed E-state index contributed by atoms with van der Waals surface area (Å²) in [6.45, 7) is 4.02. The van der Waals surface area contributed by atoms with Crippen molar-refractivity contribution in [3.8, 4) is 0 Å². The molecule has 0 amide bonds. The maximum atomic E-state index is 13.9. The molecule has 0 bridgehead atoms. The molecule has 0 aromatic heterocycles. The molecule has 9 heteroatoms. The van der Waals surface area contributed by atoms with Gasteiger partial charge in [0.2, 0.25) is 10.0 Å². The SMILES string of the molecule is Cc1ccc(S(=O)(=O)N[C@@H](c2ccccc2)C(Nc2c(N[C@H](C)C3CCCC3P(c3ccccc3)c3ccccc3)c(=O)c2=O)c2ccccc2)cc1. The highest BCUT2D eigenvalue weighted by atomic mass is 32.2. The van der Waals surface area contributed by atoms with Gasteiger partial charge in [0.15, 0.2) is 0 Å². The predicted molar refractivity (Wildman–Crippen MR) is 218 cm³/mol. The maximum absolute atomic E-state index is 13.9. The lowest BCUT2D eigenvalue weighted by Crippen LogP contribution is -2.44. The summed E-state index contributed by atoms with van der Waals surface area (Å²) in [4.78, 5) is 26.9. The van der Waals surface area contributed by atoms with Crippen LogP contribution in [0.15, 0.2) is 160 Å². The highest BCUT2D eigenvalue weighted by Crippen LogP contribution is 2.51. The van der Waals surface area contributed by atoms with Gasteiger partial charge in [-0.3, -0.25) is 9.59 Å². The summed E-state index contributed by atoms with van der Waals surface area (Å²) in [5.74, 6) is 0.266. The van der Waals surface area contributed by atoms with E-state index < -0.39 is 40.9 Å². The first kappa shape index (κ1) is 36.5. The van der Waals surface area contributed by atoms with Gasteiger partial charge in [-0.05, 0) is 80.1 Å². The van der Waals surface area contributed by atoms with Crippen molar-refractivity contribution in [3.05, 3.63) is 183 Å². The first-order valence-electron chi connectivity index (χ1n) is 18.2. The fraction of sp³-hybridized carbons (Fsp3) is 0.227. The molecule has 1 saturated carbocycles. The highest BCUT2D eigenvalue weighted by molar-refractivity contribution is 7.89. The van der Waals surface area contributed by atoms with E-state index in [9.17, 15) is 18.0 Å². The van der Waals surface area contributed by atoms with Gasteiger partial charge in [0.05, 0.1) is 17.0 Å². The van der Waals surface area contributed by atoms with E-state index in [1.165, 1.54) is 10.6 Å². The summed E-state index contributed by atoms with van der Waals surface area (Å²) in [6.07, 6.45) is 3.19. The van der Waals surface area contributed by atoms with Gasteiger partial charge in [0, 0.05) is 6.04 Å². The van der Waals surface area contributed by atoms with Crippen molar-refractivity contribution in [2.45, 2.75) is 61.8 Å². The number of sulfonamides is 1. The third kappa shape index (κ3) is 7.91. The number of aryl methyl sites for hydroxylation is 1. The Morgan fingerprint density at radius 1 is 0.604 bits per heavy atom. The Morgan fingerprint density at radius 2 is 1.08 bits per heavy atom. The van der Waals surface area contributed by atoms with Crippen LogP contribution in [0.1, 0.15) is 55.0 Å². The van der Waals surface area contributed by atoms with Crippen molar-refractivity contribution < 1.29 is 8.42 Å². The van der Waals surface area contributed by atoms with Crippen LogP contribution in [0.2, 0.25) is 0 Å². The first-order chi connectivity index (χ1) is 25.7. The Hall–Kier alpha value is -4.88. The lowest BCUT2D eigenvalue weighted by Gasteiger charge is -2.35. The second-order valence-corrected chi connectivity index (χ2v) is 18.0. The zero-order valence-electron chi connectivity index (χ0n) is 29.9. The van der Waals surface area contributed by atoms with Crippen LogP contribution < -0.4 is 36.8 Å². The number of nitrogens with one attached hydrogen (secondary N) is 3. The van der Waals surface area contributed by atoms with E-state index in [0.717, 1.165) is 30.4 Å². The van der Waals surface area contributed by atoms with E-state index in [1.807, 2.05) is 67.6 Å². The van der Waals surface area contributed by atoms with Gasteiger partial charge in [-0.2, -0.15) is 0 Å². The van der Waals surface area contributed by atoms with E-state index in [0.29, 0.717) is 11.2 Å². The summed E-state index contributed by atoms with van der Waals surface area (Å²) in [5.41, 5.74) is 2.04. The van der Waals surface area contributed by atoms with Crippen LogP contribution in [-0.2, 0) is 10.0 Å². The molecule has 6 aromatic rings. The minimum Gasteiger partial charge on any atom is -0.377 e. The summed E-state index contributed by atoms with van der Waals surface area (Å²) in [5, 5.41) is 9.56. The molecule has 1 aliphatic rings. The van der Waals surface area contributed by atoms with Gasteiger partial charge in [-0.25, -0.2) is 13.1 Å². The molecule has 0 heterocycles. The molecule has 1 fully saturated rings. The molecule has 6 aromatic carbocycles. The monoisotopic (exact) mass is 741 g/mol. The summed E-state index contributed by atoms with van der Waals surface area (Å²) in [7, 11) is -4.67. The van der Waals surface area contributed by atoms with E-state index in [2.05, 4.69) is 82.9 Å². The molecule has 0 radical (unpaired) electrons. The number of hydrogen-bond donors (Lipinski definition) is 3. The van der Waals surface area contributed by atoms with Crippen LogP contribution in [0.3, 0.4) is 0 Å². The van der Waals surface area contributed by atoms with E-state index >= 15 is 0 Å². The molecule has 7 nitrogen and oxygen atoms in total. The predicted octanol–water partition coefficient (Wildman–Crippen LogP) is 7.57. The van der Waals surface area contributed by atoms with Gasteiger partial charge in [0.1, 0.15) is 11.4 Å². The normalized spacial score (nSPS) is 17.7. The number of hydrogen-bond acceptors (Lipinski definition) is 6. The van der Waals surface area contributed by atoms with Gasteiger partial charge < -0.3 is 10.6 Å². The average molecular weight is 742 g/mol. The van der Waals surface area contributed by atoms with Crippen LogP contribution in [0.5, 0.6) is 0 Å². The molecular weight excluding hydrogens is 698 g/mol. The van der Waals surface area contributed by atoms with Crippen molar-refractivity contribution in [2.75, 3.05) is 10.6 Å². The number of anilines is 2. The first-order valence-corrected chi connectivity index (χ1v) is 21.1. The Kier molecular flexibility index (Phi) is 11.0. The van der Waals surface area contributed by atoms with Crippen LogP contribution >= 0.6 is 7.92 Å². The zero-order chi connectivity index (χ0) is 37.0. The molecule has 0 spiro atoms. The van der Waals surface area contributed by atoms with E-state index in [4.69, 9.17) is 0 Å². The van der Waals surface area contributed by atoms with Crippen molar-refractivity contribution in [3.63, 3.8) is 0 Å². The fourth-order valence-corrected chi connectivity index (χ4v) is 12.2. The average Bonchev–Trinajstić information content (AvgIpc) is 3.68. The van der Waals surface area contributed by atoms with Crippen LogP contribution in [0.25, 0.3) is 0 Å². The molecule has 7 rings (SSSR count). The van der Waals surface area contributed by atoms with Crippen molar-refractivity contribution in [2.24, 2.45) is 5.92 Å². The quantitative estimate of drug-likeness (QED) is 0.0787. The highest BCUT2D eigenvalue weighted by Gasteiger charge is 2.40. The Bertz CT molecular complexity index is 2260. The van der Waals surface area contributed by atoms with E-state index in [1.54, 1.807) is 24.3 Å². The lowest BCUT2D eigenvalue weighted by molar-refractivity contribution is 0.488. The zero-order valence-corrected chi connectivity index (χ0v) is 31.6. The van der Waals surface area contributed by atoms with Crippen LogP contribution in [-0.4, -0.2) is 20.1 Å².